The van der Waals surface area contributed by atoms with Gasteiger partial charge in [-0.1, -0.05) is 23.2 Å². The number of rotatable bonds is 8. The van der Waals surface area contributed by atoms with Crippen molar-refractivity contribution in [1.29, 1.82) is 0 Å². The number of unbranched alkanes of at least 4 members (excludes halogenated alkanes) is 1. The van der Waals surface area contributed by atoms with Crippen molar-refractivity contribution in [3.8, 4) is 5.75 Å². The Morgan fingerprint density at radius 2 is 2.00 bits per heavy atom. The van der Waals surface area contributed by atoms with Crippen molar-refractivity contribution in [2.24, 2.45) is 0 Å². The number of halogens is 2. The standard InChI is InChI=1S/C12H17Cl2NO2/c13-10-3-4-11(14)12(9-10)17-8-2-1-5-15-6-7-16/h3-4,9,15-16H,1-2,5-8H2. The molecule has 5 heteroatoms. The third-order valence-electron chi connectivity index (χ3n) is 2.19. The Morgan fingerprint density at radius 1 is 1.18 bits per heavy atom. The maximum absolute atomic E-state index is 8.56. The van der Waals surface area contributed by atoms with Crippen LogP contribution in [-0.4, -0.2) is 31.4 Å². The molecule has 3 nitrogen and oxygen atoms in total. The van der Waals surface area contributed by atoms with Gasteiger partial charge >= 0.3 is 0 Å². The summed E-state index contributed by atoms with van der Waals surface area (Å²) in [6.07, 6.45) is 1.93. The summed E-state index contributed by atoms with van der Waals surface area (Å²) in [6.45, 7) is 2.31. The molecule has 0 aromatic heterocycles. The monoisotopic (exact) mass is 277 g/mol. The number of benzene rings is 1. The molecule has 0 radical (unpaired) electrons. The van der Waals surface area contributed by atoms with E-state index in [9.17, 15) is 0 Å². The Kier molecular flexibility index (Phi) is 7.37. The zero-order valence-corrected chi connectivity index (χ0v) is 11.1. The van der Waals surface area contributed by atoms with Gasteiger partial charge in [0.2, 0.25) is 0 Å². The van der Waals surface area contributed by atoms with Gasteiger partial charge in [-0.25, -0.2) is 0 Å². The number of hydrogen-bond acceptors (Lipinski definition) is 3. The second-order valence-corrected chi connectivity index (χ2v) is 4.45. The number of hydrogen-bond donors (Lipinski definition) is 2. The Morgan fingerprint density at radius 3 is 2.76 bits per heavy atom. The van der Waals surface area contributed by atoms with E-state index in [1.54, 1.807) is 18.2 Å². The lowest BCUT2D eigenvalue weighted by Gasteiger charge is -2.08. The van der Waals surface area contributed by atoms with Crippen LogP contribution in [0.25, 0.3) is 0 Å². The molecule has 1 aromatic carbocycles. The number of aliphatic hydroxyl groups is 1. The summed E-state index contributed by atoms with van der Waals surface area (Å²) in [4.78, 5) is 0. The first-order valence-corrected chi connectivity index (χ1v) is 6.39. The highest BCUT2D eigenvalue weighted by Gasteiger charge is 2.01. The molecular weight excluding hydrogens is 261 g/mol. The van der Waals surface area contributed by atoms with Gasteiger partial charge in [-0.3, -0.25) is 0 Å². The minimum Gasteiger partial charge on any atom is -0.492 e. The van der Waals surface area contributed by atoms with Crippen LogP contribution in [0.5, 0.6) is 5.75 Å². The fourth-order valence-electron chi connectivity index (χ4n) is 1.33. The van der Waals surface area contributed by atoms with Gasteiger partial charge in [-0.2, -0.15) is 0 Å². The van der Waals surface area contributed by atoms with Gasteiger partial charge in [0.25, 0.3) is 0 Å². The van der Waals surface area contributed by atoms with Crippen LogP contribution in [0.3, 0.4) is 0 Å². The molecule has 1 rings (SSSR count). The Hall–Kier alpha value is -0.480. The molecule has 0 saturated heterocycles. The highest BCUT2D eigenvalue weighted by Crippen LogP contribution is 2.27. The molecule has 0 aliphatic heterocycles. The summed E-state index contributed by atoms with van der Waals surface area (Å²) in [6, 6.07) is 5.17. The fourth-order valence-corrected chi connectivity index (χ4v) is 1.66. The molecule has 0 amide bonds. The summed E-state index contributed by atoms with van der Waals surface area (Å²) in [5.41, 5.74) is 0. The Balaban J connectivity index is 2.15. The quantitative estimate of drug-likeness (QED) is 0.718. The number of nitrogens with one attached hydrogen (secondary N) is 1. The lowest BCUT2D eigenvalue weighted by molar-refractivity contribution is 0.286. The van der Waals surface area contributed by atoms with Crippen molar-refractivity contribution in [1.82, 2.24) is 5.32 Å². The van der Waals surface area contributed by atoms with Crippen molar-refractivity contribution in [2.45, 2.75) is 12.8 Å². The second kappa shape index (κ2) is 8.59. The smallest absolute Gasteiger partial charge is 0.139 e. The number of aliphatic hydroxyl groups excluding tert-OH is 1. The van der Waals surface area contributed by atoms with Crippen LogP contribution in [-0.2, 0) is 0 Å². The van der Waals surface area contributed by atoms with Crippen LogP contribution in [0.1, 0.15) is 12.8 Å². The van der Waals surface area contributed by atoms with Crippen molar-refractivity contribution in [3.05, 3.63) is 28.2 Å². The van der Waals surface area contributed by atoms with Gasteiger partial charge in [-0.05, 0) is 31.5 Å². The zero-order valence-electron chi connectivity index (χ0n) is 9.59. The van der Waals surface area contributed by atoms with Gasteiger partial charge in [0.15, 0.2) is 0 Å². The van der Waals surface area contributed by atoms with E-state index in [0.717, 1.165) is 19.4 Å². The van der Waals surface area contributed by atoms with Crippen LogP contribution in [0.15, 0.2) is 18.2 Å². The highest BCUT2D eigenvalue weighted by atomic mass is 35.5. The normalized spacial score (nSPS) is 10.5. The molecule has 0 aliphatic rings. The lowest BCUT2D eigenvalue weighted by Crippen LogP contribution is -2.19. The topological polar surface area (TPSA) is 41.5 Å². The van der Waals surface area contributed by atoms with Crippen molar-refractivity contribution < 1.29 is 9.84 Å². The zero-order chi connectivity index (χ0) is 12.5. The van der Waals surface area contributed by atoms with Gasteiger partial charge in [0.05, 0.1) is 18.2 Å². The third-order valence-corrected chi connectivity index (χ3v) is 2.73. The van der Waals surface area contributed by atoms with Crippen LogP contribution < -0.4 is 10.1 Å². The molecule has 17 heavy (non-hydrogen) atoms. The SMILES string of the molecule is OCCNCCCCOc1cc(Cl)ccc1Cl. The van der Waals surface area contributed by atoms with Crippen LogP contribution >= 0.6 is 23.2 Å². The van der Waals surface area contributed by atoms with E-state index >= 15 is 0 Å². The largest absolute Gasteiger partial charge is 0.492 e. The second-order valence-electron chi connectivity index (χ2n) is 3.60. The third kappa shape index (κ3) is 6.13. The summed E-state index contributed by atoms with van der Waals surface area (Å²) in [5.74, 6) is 0.627. The molecule has 0 spiro atoms. The van der Waals surface area contributed by atoms with Gasteiger partial charge < -0.3 is 15.2 Å². The van der Waals surface area contributed by atoms with Gasteiger partial charge in [-0.15, -0.1) is 0 Å². The highest BCUT2D eigenvalue weighted by molar-refractivity contribution is 6.34. The summed E-state index contributed by atoms with van der Waals surface area (Å²) >= 11 is 11.8. The molecule has 2 N–H and O–H groups in total. The summed E-state index contributed by atoms with van der Waals surface area (Å²) in [7, 11) is 0. The van der Waals surface area contributed by atoms with E-state index in [1.807, 2.05) is 0 Å². The molecule has 0 saturated carbocycles. The van der Waals surface area contributed by atoms with E-state index in [2.05, 4.69) is 5.32 Å². The Bertz CT molecular complexity index is 334. The van der Waals surface area contributed by atoms with E-state index in [-0.39, 0.29) is 6.61 Å². The van der Waals surface area contributed by atoms with Crippen molar-refractivity contribution >= 4 is 23.2 Å². The minimum atomic E-state index is 0.175. The maximum Gasteiger partial charge on any atom is 0.139 e. The van der Waals surface area contributed by atoms with Crippen molar-refractivity contribution in [3.63, 3.8) is 0 Å². The van der Waals surface area contributed by atoms with Crippen LogP contribution in [0, 0.1) is 0 Å². The van der Waals surface area contributed by atoms with Crippen LogP contribution in [0.2, 0.25) is 10.0 Å². The maximum atomic E-state index is 8.56. The van der Waals surface area contributed by atoms with Gasteiger partial charge in [0.1, 0.15) is 5.75 Å². The Labute approximate surface area is 112 Å². The van der Waals surface area contributed by atoms with Crippen molar-refractivity contribution in [2.75, 3.05) is 26.3 Å². The molecule has 0 aliphatic carbocycles. The summed E-state index contributed by atoms with van der Waals surface area (Å²) in [5, 5.41) is 12.9. The first kappa shape index (κ1) is 14.6. The molecule has 1 aromatic rings. The van der Waals surface area contributed by atoms with Crippen LogP contribution in [0.4, 0.5) is 0 Å². The van der Waals surface area contributed by atoms with E-state index in [0.29, 0.717) is 28.9 Å². The lowest BCUT2D eigenvalue weighted by atomic mass is 10.3. The first-order chi connectivity index (χ1) is 8.24. The van der Waals surface area contributed by atoms with E-state index in [1.165, 1.54) is 0 Å². The summed E-state index contributed by atoms with van der Waals surface area (Å²) < 4.78 is 5.53. The predicted octanol–water partition coefficient (Wildman–Crippen LogP) is 2.73. The predicted molar refractivity (Wildman–Crippen MR) is 71.1 cm³/mol. The fraction of sp³-hybridized carbons (Fsp3) is 0.500. The molecule has 0 bridgehead atoms. The first-order valence-electron chi connectivity index (χ1n) is 5.63. The molecule has 0 atom stereocenters. The molecule has 0 unspecified atom stereocenters. The molecule has 0 heterocycles. The molecular formula is C12H17Cl2NO2. The van der Waals surface area contributed by atoms with Gasteiger partial charge in [0, 0.05) is 17.6 Å². The van der Waals surface area contributed by atoms with E-state index in [4.69, 9.17) is 33.0 Å². The minimum absolute atomic E-state index is 0.175. The average molecular weight is 278 g/mol. The molecule has 0 fully saturated rings. The number of ether oxygens (including phenoxy) is 1. The molecule has 96 valence electrons. The van der Waals surface area contributed by atoms with E-state index < -0.39 is 0 Å². The average Bonchev–Trinajstić information content (AvgIpc) is 2.32.